The number of anilines is 1. The Morgan fingerprint density at radius 3 is 2.25 bits per heavy atom. The van der Waals surface area contributed by atoms with Crippen LogP contribution in [0.5, 0.6) is 0 Å². The van der Waals surface area contributed by atoms with Crippen LogP contribution in [-0.2, 0) is 5.41 Å². The third kappa shape index (κ3) is 3.88. The molecule has 1 atom stereocenters. The van der Waals surface area contributed by atoms with E-state index in [0.29, 0.717) is 0 Å². The molecule has 3 rings (SSSR count). The predicted molar refractivity (Wildman–Crippen MR) is 109 cm³/mol. The van der Waals surface area contributed by atoms with E-state index in [-0.39, 0.29) is 30.2 Å². The van der Waals surface area contributed by atoms with Gasteiger partial charge in [0.2, 0.25) is 0 Å². The summed E-state index contributed by atoms with van der Waals surface area (Å²) in [5, 5.41) is 0. The Bertz CT molecular complexity index is 631. The number of benzene rings is 2. The van der Waals surface area contributed by atoms with E-state index in [2.05, 4.69) is 85.5 Å². The van der Waals surface area contributed by atoms with Crippen molar-refractivity contribution in [3.05, 3.63) is 65.7 Å². The van der Waals surface area contributed by atoms with Crippen LogP contribution in [0.1, 0.15) is 24.0 Å². The van der Waals surface area contributed by atoms with Crippen molar-refractivity contribution >= 4 is 30.5 Å². The molecule has 2 aromatic carbocycles. The van der Waals surface area contributed by atoms with Crippen molar-refractivity contribution in [2.24, 2.45) is 0 Å². The highest BCUT2D eigenvalue weighted by Crippen LogP contribution is 2.47. The van der Waals surface area contributed by atoms with E-state index >= 15 is 0 Å². The van der Waals surface area contributed by atoms with Crippen LogP contribution in [0.3, 0.4) is 0 Å². The van der Waals surface area contributed by atoms with Gasteiger partial charge in [-0.1, -0.05) is 48.5 Å². The average molecular weight is 367 g/mol. The molecule has 0 radical (unpaired) electrons. The van der Waals surface area contributed by atoms with Crippen LogP contribution in [0.25, 0.3) is 0 Å². The lowest BCUT2D eigenvalue weighted by atomic mass is 9.72. The minimum Gasteiger partial charge on any atom is -0.373 e. The first-order valence-electron chi connectivity index (χ1n) is 8.14. The largest absolute Gasteiger partial charge is 0.373 e. The van der Waals surface area contributed by atoms with Crippen LogP contribution in [-0.4, -0.2) is 39.1 Å². The summed E-state index contributed by atoms with van der Waals surface area (Å²) in [4.78, 5) is 4.70. The van der Waals surface area contributed by atoms with Gasteiger partial charge in [-0.25, -0.2) is 0 Å². The van der Waals surface area contributed by atoms with E-state index in [1.807, 2.05) is 0 Å². The number of para-hydroxylation sites is 1. The molecule has 0 bridgehead atoms. The Morgan fingerprint density at radius 1 is 0.958 bits per heavy atom. The third-order valence-corrected chi connectivity index (χ3v) is 4.87. The predicted octanol–water partition coefficient (Wildman–Crippen LogP) is 4.61. The van der Waals surface area contributed by atoms with Gasteiger partial charge < -0.3 is 9.80 Å². The van der Waals surface area contributed by atoms with E-state index in [9.17, 15) is 0 Å². The third-order valence-electron chi connectivity index (χ3n) is 4.87. The zero-order chi connectivity index (χ0) is 15.6. The zero-order valence-electron chi connectivity index (χ0n) is 14.7. The summed E-state index contributed by atoms with van der Waals surface area (Å²) in [6.07, 6.45) is 2.40. The molecule has 1 heterocycles. The standard InChI is InChI=1S/C20H26N2.2ClH/c1-21(2)15-9-14-20(17-10-5-4-6-11-17)16-22(3)19-13-8-7-12-18(19)20;;/h4-8,10-13H,9,14-16H2,1-3H3;2*1H. The average Bonchev–Trinajstić information content (AvgIpc) is 2.82. The van der Waals surface area contributed by atoms with Gasteiger partial charge in [0.25, 0.3) is 0 Å². The van der Waals surface area contributed by atoms with E-state index in [0.717, 1.165) is 13.1 Å². The van der Waals surface area contributed by atoms with Gasteiger partial charge >= 0.3 is 0 Å². The second-order valence-corrected chi connectivity index (χ2v) is 6.73. The Balaban J connectivity index is 0.00000144. The van der Waals surface area contributed by atoms with Crippen molar-refractivity contribution in [1.82, 2.24) is 4.90 Å². The van der Waals surface area contributed by atoms with Gasteiger partial charge in [0.05, 0.1) is 0 Å². The Kier molecular flexibility index (Phi) is 7.59. The smallest absolute Gasteiger partial charge is 0.0406 e. The molecular weight excluding hydrogens is 339 g/mol. The molecule has 0 aromatic heterocycles. The molecule has 0 amide bonds. The van der Waals surface area contributed by atoms with Gasteiger partial charge in [-0.2, -0.15) is 0 Å². The maximum Gasteiger partial charge on any atom is 0.0406 e. The Hall–Kier alpha value is -1.22. The van der Waals surface area contributed by atoms with Crippen LogP contribution in [0.2, 0.25) is 0 Å². The topological polar surface area (TPSA) is 6.48 Å². The van der Waals surface area contributed by atoms with Crippen molar-refractivity contribution in [3.8, 4) is 0 Å². The quantitative estimate of drug-likeness (QED) is 0.762. The Morgan fingerprint density at radius 2 is 1.58 bits per heavy atom. The molecular formula is C20H28Cl2N2. The van der Waals surface area contributed by atoms with Gasteiger partial charge in [-0.15, -0.1) is 24.8 Å². The molecule has 1 aliphatic heterocycles. The number of halogens is 2. The highest BCUT2D eigenvalue weighted by atomic mass is 35.5. The summed E-state index contributed by atoms with van der Waals surface area (Å²) in [5.74, 6) is 0. The summed E-state index contributed by atoms with van der Waals surface area (Å²) < 4.78 is 0. The first-order valence-corrected chi connectivity index (χ1v) is 8.14. The minimum atomic E-state index is 0. The fraction of sp³-hybridized carbons (Fsp3) is 0.400. The second-order valence-electron chi connectivity index (χ2n) is 6.73. The normalized spacial score (nSPS) is 18.8. The van der Waals surface area contributed by atoms with Crippen LogP contribution >= 0.6 is 24.8 Å². The van der Waals surface area contributed by atoms with Crippen LogP contribution < -0.4 is 4.90 Å². The molecule has 2 aromatic rings. The summed E-state index contributed by atoms with van der Waals surface area (Å²) in [7, 11) is 6.53. The van der Waals surface area contributed by atoms with E-state index in [1.165, 1.54) is 29.7 Å². The van der Waals surface area contributed by atoms with Crippen molar-refractivity contribution in [1.29, 1.82) is 0 Å². The van der Waals surface area contributed by atoms with Gasteiger partial charge in [0.15, 0.2) is 0 Å². The van der Waals surface area contributed by atoms with Gasteiger partial charge in [0, 0.05) is 24.7 Å². The summed E-state index contributed by atoms with van der Waals surface area (Å²) >= 11 is 0. The number of likely N-dealkylation sites (N-methyl/N-ethyl adjacent to an activating group) is 1. The lowest BCUT2D eigenvalue weighted by molar-refractivity contribution is 0.366. The van der Waals surface area contributed by atoms with Crippen molar-refractivity contribution in [2.75, 3.05) is 39.1 Å². The molecule has 0 aliphatic carbocycles. The number of rotatable bonds is 5. The summed E-state index contributed by atoms with van der Waals surface area (Å²) in [5.41, 5.74) is 4.45. The maximum atomic E-state index is 2.41. The summed E-state index contributed by atoms with van der Waals surface area (Å²) in [6, 6.07) is 20.0. The number of hydrogen-bond donors (Lipinski definition) is 0. The monoisotopic (exact) mass is 366 g/mol. The maximum absolute atomic E-state index is 2.41. The molecule has 1 unspecified atom stereocenters. The molecule has 0 saturated carbocycles. The van der Waals surface area contributed by atoms with Crippen LogP contribution in [0, 0.1) is 0 Å². The zero-order valence-corrected chi connectivity index (χ0v) is 16.4. The lowest BCUT2D eigenvalue weighted by Gasteiger charge is -2.31. The summed E-state index contributed by atoms with van der Waals surface area (Å²) in [6.45, 7) is 2.21. The molecule has 4 heteroatoms. The molecule has 0 spiro atoms. The molecule has 0 saturated heterocycles. The van der Waals surface area contributed by atoms with Crippen molar-refractivity contribution < 1.29 is 0 Å². The number of nitrogens with zero attached hydrogens (tertiary/aromatic N) is 2. The van der Waals surface area contributed by atoms with E-state index < -0.39 is 0 Å². The van der Waals surface area contributed by atoms with E-state index in [4.69, 9.17) is 0 Å². The molecule has 0 N–H and O–H groups in total. The SMILES string of the molecule is CN(C)CCCC1(c2ccccc2)CN(C)c2ccccc21.Cl.Cl. The highest BCUT2D eigenvalue weighted by Gasteiger charge is 2.42. The number of hydrogen-bond acceptors (Lipinski definition) is 2. The second kappa shape index (κ2) is 8.75. The van der Waals surface area contributed by atoms with Gasteiger partial charge in [-0.05, 0) is 50.7 Å². The van der Waals surface area contributed by atoms with Crippen molar-refractivity contribution in [3.63, 3.8) is 0 Å². The molecule has 132 valence electrons. The van der Waals surface area contributed by atoms with Gasteiger partial charge in [-0.3, -0.25) is 0 Å². The lowest BCUT2D eigenvalue weighted by Crippen LogP contribution is -2.34. The first-order chi connectivity index (χ1) is 10.6. The first kappa shape index (κ1) is 20.8. The van der Waals surface area contributed by atoms with Crippen molar-refractivity contribution in [2.45, 2.75) is 18.3 Å². The molecule has 24 heavy (non-hydrogen) atoms. The molecule has 1 aliphatic rings. The molecule has 0 fully saturated rings. The minimum absolute atomic E-state index is 0. The fourth-order valence-corrected chi connectivity index (χ4v) is 3.85. The highest BCUT2D eigenvalue weighted by molar-refractivity contribution is 5.85. The van der Waals surface area contributed by atoms with Crippen LogP contribution in [0.15, 0.2) is 54.6 Å². The molecule has 2 nitrogen and oxygen atoms in total. The fourth-order valence-electron chi connectivity index (χ4n) is 3.85. The van der Waals surface area contributed by atoms with E-state index in [1.54, 1.807) is 0 Å². The Labute approximate surface area is 158 Å². The van der Waals surface area contributed by atoms with Crippen LogP contribution in [0.4, 0.5) is 5.69 Å². The number of fused-ring (bicyclic) bond motifs is 1. The van der Waals surface area contributed by atoms with Gasteiger partial charge in [0.1, 0.15) is 0 Å².